The standard InChI is InChI=1S/C24H25N3O4/c1-16(23(28)26-20-11-5-6-12-21(20)30-2)31-24(29)18-15-17-9-3-4-10-19(17)25-22(18)27-13-7-8-14-27/h3-6,9-12,15-16H,7-8,13-14H2,1-2H3,(H,26,28). The highest BCUT2D eigenvalue weighted by atomic mass is 16.5. The second-order valence-corrected chi connectivity index (χ2v) is 7.48. The molecule has 4 rings (SSSR count). The molecule has 1 aliphatic heterocycles. The van der Waals surface area contributed by atoms with Gasteiger partial charge in [0.2, 0.25) is 0 Å². The molecule has 0 bridgehead atoms. The number of hydrogen-bond donors (Lipinski definition) is 1. The van der Waals surface area contributed by atoms with Crippen LogP contribution in [0.25, 0.3) is 10.9 Å². The van der Waals surface area contributed by atoms with Gasteiger partial charge in [-0.05, 0) is 44.0 Å². The molecule has 0 spiro atoms. The summed E-state index contributed by atoms with van der Waals surface area (Å²) in [5.41, 5.74) is 1.71. The maximum atomic E-state index is 13.1. The molecule has 3 aromatic rings. The van der Waals surface area contributed by atoms with E-state index in [1.807, 2.05) is 30.3 Å². The zero-order valence-corrected chi connectivity index (χ0v) is 17.6. The van der Waals surface area contributed by atoms with E-state index in [9.17, 15) is 9.59 Å². The Hall–Kier alpha value is -3.61. The molecule has 1 amide bonds. The molecule has 31 heavy (non-hydrogen) atoms. The highest BCUT2D eigenvalue weighted by Crippen LogP contribution is 2.28. The summed E-state index contributed by atoms with van der Waals surface area (Å²) in [4.78, 5) is 32.5. The number of fused-ring (bicyclic) bond motifs is 1. The van der Waals surface area contributed by atoms with Gasteiger partial charge in [-0.2, -0.15) is 0 Å². The van der Waals surface area contributed by atoms with Crippen LogP contribution in [0, 0.1) is 0 Å². The molecule has 7 nitrogen and oxygen atoms in total. The molecule has 1 fully saturated rings. The summed E-state index contributed by atoms with van der Waals surface area (Å²) in [6.07, 6.45) is 1.12. The minimum Gasteiger partial charge on any atom is -0.495 e. The average Bonchev–Trinajstić information content (AvgIpc) is 3.33. The normalized spacial score (nSPS) is 14.3. The number of nitrogens with zero attached hydrogens (tertiary/aromatic N) is 2. The number of ether oxygens (including phenoxy) is 2. The Morgan fingerprint density at radius 3 is 2.55 bits per heavy atom. The Morgan fingerprint density at radius 2 is 1.77 bits per heavy atom. The molecule has 0 radical (unpaired) electrons. The highest BCUT2D eigenvalue weighted by Gasteiger charge is 2.26. The van der Waals surface area contributed by atoms with E-state index in [2.05, 4.69) is 10.2 Å². The number of benzene rings is 2. The van der Waals surface area contributed by atoms with Gasteiger partial charge in [0.15, 0.2) is 6.10 Å². The van der Waals surface area contributed by atoms with Gasteiger partial charge in [0.1, 0.15) is 17.1 Å². The molecule has 1 aliphatic rings. The van der Waals surface area contributed by atoms with E-state index < -0.39 is 18.0 Å². The van der Waals surface area contributed by atoms with Crippen molar-refractivity contribution < 1.29 is 19.1 Å². The Labute approximate surface area is 181 Å². The second kappa shape index (κ2) is 9.04. The van der Waals surface area contributed by atoms with E-state index in [-0.39, 0.29) is 0 Å². The molecule has 1 atom stereocenters. The zero-order chi connectivity index (χ0) is 21.8. The van der Waals surface area contributed by atoms with Crippen molar-refractivity contribution in [2.24, 2.45) is 0 Å². The van der Waals surface area contributed by atoms with Crippen LogP contribution >= 0.6 is 0 Å². The Balaban J connectivity index is 1.55. The summed E-state index contributed by atoms with van der Waals surface area (Å²) in [5, 5.41) is 3.60. The monoisotopic (exact) mass is 419 g/mol. The second-order valence-electron chi connectivity index (χ2n) is 7.48. The molecule has 1 saturated heterocycles. The summed E-state index contributed by atoms with van der Waals surface area (Å²) >= 11 is 0. The lowest BCUT2D eigenvalue weighted by Crippen LogP contribution is -2.31. The largest absolute Gasteiger partial charge is 0.495 e. The van der Waals surface area contributed by atoms with Crippen molar-refractivity contribution in [2.45, 2.75) is 25.9 Å². The summed E-state index contributed by atoms with van der Waals surface area (Å²) in [7, 11) is 1.53. The van der Waals surface area contributed by atoms with Gasteiger partial charge in [-0.3, -0.25) is 4.79 Å². The van der Waals surface area contributed by atoms with E-state index in [4.69, 9.17) is 14.5 Å². The van der Waals surface area contributed by atoms with E-state index in [0.29, 0.717) is 22.8 Å². The van der Waals surface area contributed by atoms with Crippen molar-refractivity contribution in [1.29, 1.82) is 0 Å². The number of amides is 1. The third kappa shape index (κ3) is 4.45. The smallest absolute Gasteiger partial charge is 0.342 e. The minimum absolute atomic E-state index is 0.373. The third-order valence-electron chi connectivity index (χ3n) is 5.35. The number of pyridine rings is 1. The predicted octanol–water partition coefficient (Wildman–Crippen LogP) is 4.03. The lowest BCUT2D eigenvalue weighted by molar-refractivity contribution is -0.123. The van der Waals surface area contributed by atoms with Crippen molar-refractivity contribution in [3.8, 4) is 5.75 Å². The fourth-order valence-electron chi connectivity index (χ4n) is 3.69. The van der Waals surface area contributed by atoms with Crippen LogP contribution in [0.1, 0.15) is 30.1 Å². The van der Waals surface area contributed by atoms with Crippen LogP contribution in [0.5, 0.6) is 5.75 Å². The SMILES string of the molecule is COc1ccccc1NC(=O)C(C)OC(=O)c1cc2ccccc2nc1N1CCCC1. The molecule has 1 N–H and O–H groups in total. The van der Waals surface area contributed by atoms with Crippen LogP contribution in [0.2, 0.25) is 0 Å². The lowest BCUT2D eigenvalue weighted by Gasteiger charge is -2.21. The molecular weight excluding hydrogens is 394 g/mol. The molecule has 2 aromatic carbocycles. The first-order valence-electron chi connectivity index (χ1n) is 10.4. The number of para-hydroxylation sites is 3. The number of carbonyl (C=O) groups excluding carboxylic acids is 2. The van der Waals surface area contributed by atoms with E-state index in [0.717, 1.165) is 36.8 Å². The van der Waals surface area contributed by atoms with Crippen LogP contribution in [0.15, 0.2) is 54.6 Å². The van der Waals surface area contributed by atoms with Crippen LogP contribution in [0.3, 0.4) is 0 Å². The molecule has 1 aromatic heterocycles. The molecule has 1 unspecified atom stereocenters. The maximum Gasteiger partial charge on any atom is 0.342 e. The van der Waals surface area contributed by atoms with Crippen molar-refractivity contribution >= 4 is 34.3 Å². The molecular formula is C24H25N3O4. The maximum absolute atomic E-state index is 13.1. The molecule has 7 heteroatoms. The molecule has 160 valence electrons. The first-order valence-corrected chi connectivity index (χ1v) is 10.4. The first-order chi connectivity index (χ1) is 15.1. The minimum atomic E-state index is -0.990. The van der Waals surface area contributed by atoms with Gasteiger partial charge in [-0.1, -0.05) is 30.3 Å². The number of rotatable bonds is 6. The number of hydrogen-bond acceptors (Lipinski definition) is 6. The van der Waals surface area contributed by atoms with Crippen LogP contribution in [0.4, 0.5) is 11.5 Å². The van der Waals surface area contributed by atoms with E-state index >= 15 is 0 Å². The van der Waals surface area contributed by atoms with Gasteiger partial charge < -0.3 is 19.7 Å². The predicted molar refractivity (Wildman–Crippen MR) is 120 cm³/mol. The van der Waals surface area contributed by atoms with E-state index in [1.54, 1.807) is 31.2 Å². The fraction of sp³-hybridized carbons (Fsp3) is 0.292. The van der Waals surface area contributed by atoms with Gasteiger partial charge in [-0.25, -0.2) is 9.78 Å². The number of esters is 1. The van der Waals surface area contributed by atoms with Gasteiger partial charge in [0.25, 0.3) is 5.91 Å². The van der Waals surface area contributed by atoms with Crippen LogP contribution in [-0.4, -0.2) is 43.2 Å². The summed E-state index contributed by atoms with van der Waals surface area (Å²) in [6, 6.07) is 16.5. The number of carbonyl (C=O) groups is 2. The van der Waals surface area contributed by atoms with Crippen molar-refractivity contribution in [3.63, 3.8) is 0 Å². The van der Waals surface area contributed by atoms with Gasteiger partial charge in [0, 0.05) is 18.5 Å². The summed E-state index contributed by atoms with van der Waals surface area (Å²) in [5.74, 6) is 0.139. The molecule has 0 aliphatic carbocycles. The summed E-state index contributed by atoms with van der Waals surface area (Å²) < 4.78 is 10.8. The third-order valence-corrected chi connectivity index (χ3v) is 5.35. The number of anilines is 2. The fourth-order valence-corrected chi connectivity index (χ4v) is 3.69. The average molecular weight is 419 g/mol. The van der Waals surface area contributed by atoms with Gasteiger partial charge >= 0.3 is 5.97 Å². The number of aromatic nitrogens is 1. The first kappa shape index (κ1) is 20.7. The van der Waals surface area contributed by atoms with Crippen LogP contribution < -0.4 is 15.0 Å². The topological polar surface area (TPSA) is 80.8 Å². The summed E-state index contributed by atoms with van der Waals surface area (Å²) in [6.45, 7) is 3.23. The molecule has 2 heterocycles. The Bertz CT molecular complexity index is 1110. The van der Waals surface area contributed by atoms with E-state index in [1.165, 1.54) is 7.11 Å². The van der Waals surface area contributed by atoms with Crippen molar-refractivity contribution in [2.75, 3.05) is 30.4 Å². The quantitative estimate of drug-likeness (QED) is 0.608. The highest BCUT2D eigenvalue weighted by molar-refractivity contribution is 6.02. The molecule has 0 saturated carbocycles. The zero-order valence-electron chi connectivity index (χ0n) is 17.6. The number of methoxy groups -OCH3 is 1. The van der Waals surface area contributed by atoms with Gasteiger partial charge in [0.05, 0.1) is 18.3 Å². The van der Waals surface area contributed by atoms with Crippen LogP contribution in [-0.2, 0) is 9.53 Å². The Kier molecular flexibility index (Phi) is 6.02. The van der Waals surface area contributed by atoms with Crippen molar-refractivity contribution in [3.05, 3.63) is 60.2 Å². The number of nitrogens with one attached hydrogen (secondary N) is 1. The Morgan fingerprint density at radius 1 is 1.06 bits per heavy atom. The van der Waals surface area contributed by atoms with Crippen molar-refractivity contribution in [1.82, 2.24) is 4.98 Å². The lowest BCUT2D eigenvalue weighted by atomic mass is 10.1. The van der Waals surface area contributed by atoms with Gasteiger partial charge in [-0.15, -0.1) is 0 Å².